The van der Waals surface area contributed by atoms with Crippen molar-refractivity contribution in [3.63, 3.8) is 0 Å². The van der Waals surface area contributed by atoms with Crippen LogP contribution in [-0.4, -0.2) is 5.71 Å². The van der Waals surface area contributed by atoms with E-state index < -0.39 is 0 Å². The molecule has 0 bridgehead atoms. The van der Waals surface area contributed by atoms with Crippen molar-refractivity contribution in [1.82, 2.24) is 0 Å². The van der Waals surface area contributed by atoms with Crippen molar-refractivity contribution in [3.8, 4) is 0 Å². The predicted molar refractivity (Wildman–Crippen MR) is 110 cm³/mol. The summed E-state index contributed by atoms with van der Waals surface area (Å²) in [4.78, 5) is 5.08. The summed E-state index contributed by atoms with van der Waals surface area (Å²) in [7, 11) is 0. The molecule has 0 aliphatic carbocycles. The van der Waals surface area contributed by atoms with Gasteiger partial charge in [-0.15, -0.1) is 0 Å². The smallest absolute Gasteiger partial charge is 0.0679 e. The van der Waals surface area contributed by atoms with Gasteiger partial charge in [-0.3, -0.25) is 4.99 Å². The van der Waals surface area contributed by atoms with Gasteiger partial charge in [-0.05, 0) is 41.5 Å². The minimum Gasteiger partial charge on any atom is -0.280 e. The van der Waals surface area contributed by atoms with E-state index in [9.17, 15) is 0 Å². The molecule has 1 atom stereocenters. The van der Waals surface area contributed by atoms with Gasteiger partial charge in [0.2, 0.25) is 0 Å². The Morgan fingerprint density at radius 2 is 1.68 bits per heavy atom. The summed E-state index contributed by atoms with van der Waals surface area (Å²) in [5.74, 6) is 0.578. The molecular weight excluding hydrogens is 302 g/mol. The van der Waals surface area contributed by atoms with Crippen molar-refractivity contribution in [2.75, 3.05) is 0 Å². The zero-order valence-corrected chi connectivity index (χ0v) is 16.1. The quantitative estimate of drug-likeness (QED) is 0.473. The number of nitrogens with zero attached hydrogens (tertiary/aromatic N) is 1. The summed E-state index contributed by atoms with van der Waals surface area (Å²) in [6, 6.07) is 19.2. The third kappa shape index (κ3) is 5.70. The van der Waals surface area contributed by atoms with Gasteiger partial charge in [0.15, 0.2) is 0 Å². The van der Waals surface area contributed by atoms with Crippen LogP contribution < -0.4 is 0 Å². The number of benzene rings is 2. The van der Waals surface area contributed by atoms with E-state index in [1.807, 2.05) is 0 Å². The first-order chi connectivity index (χ1) is 12.2. The summed E-state index contributed by atoms with van der Waals surface area (Å²) in [5.41, 5.74) is 6.37. The first kappa shape index (κ1) is 19.2. The van der Waals surface area contributed by atoms with E-state index in [-0.39, 0.29) is 0 Å². The molecule has 0 aliphatic heterocycles. The molecule has 0 saturated heterocycles. The lowest BCUT2D eigenvalue weighted by atomic mass is 9.94. The van der Waals surface area contributed by atoms with Crippen molar-refractivity contribution in [2.45, 2.75) is 53.5 Å². The van der Waals surface area contributed by atoms with Gasteiger partial charge in [-0.1, -0.05) is 94.3 Å². The van der Waals surface area contributed by atoms with Gasteiger partial charge >= 0.3 is 0 Å². The second-order valence-corrected chi connectivity index (χ2v) is 6.78. The fraction of sp³-hybridized carbons (Fsp3) is 0.375. The standard InChI is InChI=1S/C24H31N/c1-5-12-22(17-19(3)6-2)24(21-14-8-7-9-15-21)25-18-23-16-11-10-13-20(23)4/h7-11,13-17,19H,5-6,12,18H2,1-4H3/b22-17-,25-24?. The van der Waals surface area contributed by atoms with E-state index in [0.717, 1.165) is 31.5 Å². The normalized spacial score (nSPS) is 13.8. The molecule has 1 nitrogen and oxygen atoms in total. The Morgan fingerprint density at radius 1 is 1.00 bits per heavy atom. The molecule has 0 fully saturated rings. The summed E-state index contributed by atoms with van der Waals surface area (Å²) in [6.07, 6.45) is 5.80. The molecule has 25 heavy (non-hydrogen) atoms. The molecule has 1 unspecified atom stereocenters. The molecule has 1 heteroatoms. The summed E-state index contributed by atoms with van der Waals surface area (Å²) >= 11 is 0. The maximum atomic E-state index is 5.08. The molecule has 0 aliphatic rings. The van der Waals surface area contributed by atoms with Crippen LogP contribution in [0.15, 0.2) is 71.2 Å². The first-order valence-electron chi connectivity index (χ1n) is 9.51. The lowest BCUT2D eigenvalue weighted by Crippen LogP contribution is -2.08. The summed E-state index contributed by atoms with van der Waals surface area (Å²) < 4.78 is 0. The molecule has 0 heterocycles. The third-order valence-electron chi connectivity index (χ3n) is 4.67. The van der Waals surface area contributed by atoms with Gasteiger partial charge in [0, 0.05) is 0 Å². The van der Waals surface area contributed by atoms with E-state index in [4.69, 9.17) is 4.99 Å². The van der Waals surface area contributed by atoms with Crippen molar-refractivity contribution in [1.29, 1.82) is 0 Å². The first-order valence-corrected chi connectivity index (χ1v) is 9.51. The fourth-order valence-electron chi connectivity index (χ4n) is 2.94. The topological polar surface area (TPSA) is 12.4 Å². The van der Waals surface area contributed by atoms with Crippen molar-refractivity contribution in [2.24, 2.45) is 10.9 Å². The molecule has 2 rings (SSSR count). The molecule has 132 valence electrons. The van der Waals surface area contributed by atoms with Crippen molar-refractivity contribution in [3.05, 3.63) is 82.9 Å². The van der Waals surface area contributed by atoms with Crippen LogP contribution in [0.1, 0.15) is 56.7 Å². The Kier molecular flexibility index (Phi) is 7.66. The van der Waals surface area contributed by atoms with Crippen LogP contribution in [-0.2, 0) is 6.54 Å². The lowest BCUT2D eigenvalue weighted by Gasteiger charge is -2.14. The lowest BCUT2D eigenvalue weighted by molar-refractivity contribution is 0.690. The van der Waals surface area contributed by atoms with Crippen molar-refractivity contribution >= 4 is 5.71 Å². The SMILES string of the molecule is CCC/C(=C/C(C)CC)C(=NCc1ccccc1C)c1ccccc1. The molecule has 0 aromatic heterocycles. The Labute approximate surface area is 153 Å². The Bertz CT molecular complexity index is 710. The van der Waals surface area contributed by atoms with Gasteiger partial charge in [0.1, 0.15) is 0 Å². The van der Waals surface area contributed by atoms with Crippen LogP contribution >= 0.6 is 0 Å². The average Bonchev–Trinajstić information content (AvgIpc) is 2.64. The van der Waals surface area contributed by atoms with Gasteiger partial charge in [-0.25, -0.2) is 0 Å². The van der Waals surface area contributed by atoms with E-state index in [1.165, 1.54) is 22.3 Å². The molecule has 2 aromatic rings. The molecule has 0 N–H and O–H groups in total. The fourth-order valence-corrected chi connectivity index (χ4v) is 2.94. The highest BCUT2D eigenvalue weighted by Gasteiger charge is 2.11. The Hall–Kier alpha value is -2.15. The van der Waals surface area contributed by atoms with E-state index in [1.54, 1.807) is 0 Å². The van der Waals surface area contributed by atoms with Crippen LogP contribution in [0.5, 0.6) is 0 Å². The molecule has 2 aromatic carbocycles. The van der Waals surface area contributed by atoms with Crippen molar-refractivity contribution < 1.29 is 0 Å². The number of hydrogen-bond acceptors (Lipinski definition) is 1. The van der Waals surface area contributed by atoms with Gasteiger partial charge in [0.25, 0.3) is 0 Å². The van der Waals surface area contributed by atoms with Gasteiger partial charge in [0.05, 0.1) is 12.3 Å². The van der Waals surface area contributed by atoms with E-state index >= 15 is 0 Å². The average molecular weight is 334 g/mol. The second kappa shape index (κ2) is 9.98. The van der Waals surface area contributed by atoms with Crippen LogP contribution in [0.3, 0.4) is 0 Å². The number of rotatable bonds is 8. The van der Waals surface area contributed by atoms with Crippen LogP contribution in [0, 0.1) is 12.8 Å². The second-order valence-electron chi connectivity index (χ2n) is 6.78. The van der Waals surface area contributed by atoms with Crippen LogP contribution in [0.25, 0.3) is 0 Å². The highest BCUT2D eigenvalue weighted by Crippen LogP contribution is 2.20. The molecule has 0 saturated carbocycles. The monoisotopic (exact) mass is 333 g/mol. The van der Waals surface area contributed by atoms with Crippen LogP contribution in [0.2, 0.25) is 0 Å². The zero-order chi connectivity index (χ0) is 18.1. The number of allylic oxidation sites excluding steroid dienone is 2. The van der Waals surface area contributed by atoms with Gasteiger partial charge in [-0.2, -0.15) is 0 Å². The van der Waals surface area contributed by atoms with Crippen LogP contribution in [0.4, 0.5) is 0 Å². The Balaban J connectivity index is 2.43. The molecular formula is C24H31N. The van der Waals surface area contributed by atoms with E-state index in [2.05, 4.69) is 88.4 Å². The maximum absolute atomic E-state index is 5.08. The van der Waals surface area contributed by atoms with E-state index in [0.29, 0.717) is 5.92 Å². The number of aliphatic imine (C=N–C) groups is 1. The minimum absolute atomic E-state index is 0.578. The summed E-state index contributed by atoms with van der Waals surface area (Å²) in [6.45, 7) is 9.68. The number of hydrogen-bond donors (Lipinski definition) is 0. The van der Waals surface area contributed by atoms with Gasteiger partial charge < -0.3 is 0 Å². The minimum atomic E-state index is 0.578. The Morgan fingerprint density at radius 3 is 2.32 bits per heavy atom. The zero-order valence-electron chi connectivity index (χ0n) is 16.1. The largest absolute Gasteiger partial charge is 0.280 e. The molecule has 0 spiro atoms. The third-order valence-corrected chi connectivity index (χ3v) is 4.67. The summed E-state index contributed by atoms with van der Waals surface area (Å²) in [5, 5.41) is 0. The highest BCUT2D eigenvalue weighted by atomic mass is 14.7. The molecule has 0 radical (unpaired) electrons. The maximum Gasteiger partial charge on any atom is 0.0679 e. The predicted octanol–water partition coefficient (Wildman–Crippen LogP) is 6.76. The molecule has 0 amide bonds. The highest BCUT2D eigenvalue weighted by molar-refractivity contribution is 6.12. The number of aryl methyl sites for hydroxylation is 1.